The lowest BCUT2D eigenvalue weighted by atomic mass is 9.83. The van der Waals surface area contributed by atoms with E-state index in [4.69, 9.17) is 5.73 Å². The average Bonchev–Trinajstić information content (AvgIpc) is 3.52. The predicted octanol–water partition coefficient (Wildman–Crippen LogP) is 2.15. The van der Waals surface area contributed by atoms with Crippen LogP contribution < -0.4 is 48.3 Å². The van der Waals surface area contributed by atoms with Crippen molar-refractivity contribution in [2.24, 2.45) is 53.1 Å². The van der Waals surface area contributed by atoms with E-state index in [1.54, 1.807) is 41.5 Å². The summed E-state index contributed by atoms with van der Waals surface area (Å²) in [5.74, 6) is -14.7. The molecule has 84 heavy (non-hydrogen) atoms. The lowest BCUT2D eigenvalue weighted by Crippen LogP contribution is -2.62. The van der Waals surface area contributed by atoms with E-state index in [0.717, 1.165) is 5.56 Å². The van der Waals surface area contributed by atoms with Gasteiger partial charge in [-0.25, -0.2) is 0 Å². The summed E-state index contributed by atoms with van der Waals surface area (Å²) in [4.78, 5) is 165. The molecule has 0 aliphatic carbocycles. The molecule has 16 atom stereocenters. The van der Waals surface area contributed by atoms with E-state index in [1.807, 2.05) is 58.0 Å². The Kier molecular flexibility index (Phi) is 32.3. The van der Waals surface area contributed by atoms with Crippen LogP contribution in [0.25, 0.3) is 0 Å². The van der Waals surface area contributed by atoms with Crippen molar-refractivity contribution in [2.75, 3.05) is 13.2 Å². The van der Waals surface area contributed by atoms with E-state index < -0.39 is 187 Å². The SMILES string of the molecule is CCC[C@@H]1NC(=O)[C@H](C)NC(=O)[C@H](NC(=O)[C@H](CO)CC(=O)[C@@H](NC(=O)[C@H](CC(=O)[C@@H](CCC(N)=O)NC(=O)[C@H](CO)CC(=O)[C@@H](NC(=O)[C@H](CC)Cc2ccccc2)[C@@H](C)CC)[C@H](C)CC)[C@@H](C)CC)[C@H](C)NC(=O)[C@H]([C@@H](C)CC)NC1=O. The fourth-order valence-electron chi connectivity index (χ4n) is 9.97. The van der Waals surface area contributed by atoms with Gasteiger partial charge < -0.3 is 58.5 Å². The van der Waals surface area contributed by atoms with Crippen molar-refractivity contribution < 1.29 is 67.7 Å². The molecule has 23 heteroatoms. The number of rotatable bonds is 35. The van der Waals surface area contributed by atoms with Crippen LogP contribution in [0.2, 0.25) is 0 Å². The molecular formula is C61H99N9O14. The normalized spacial score (nSPS) is 21.7. The first-order chi connectivity index (χ1) is 39.7. The largest absolute Gasteiger partial charge is 0.396 e. The molecule has 23 nitrogen and oxygen atoms in total. The van der Waals surface area contributed by atoms with Gasteiger partial charge in [0.1, 0.15) is 24.2 Å². The first-order valence-electron chi connectivity index (χ1n) is 30.2. The van der Waals surface area contributed by atoms with Crippen LogP contribution in [0, 0.1) is 47.3 Å². The maximum Gasteiger partial charge on any atom is 0.245 e. The minimum Gasteiger partial charge on any atom is -0.396 e. The van der Waals surface area contributed by atoms with Crippen molar-refractivity contribution in [3.63, 3.8) is 0 Å². The molecule has 0 aromatic heterocycles. The molecule has 1 aromatic carbocycles. The molecule has 0 spiro atoms. The number of hydrogen-bond donors (Lipinski definition) is 11. The van der Waals surface area contributed by atoms with Crippen LogP contribution in [-0.2, 0) is 64.0 Å². The summed E-state index contributed by atoms with van der Waals surface area (Å²) < 4.78 is 0. The molecule has 1 fully saturated rings. The molecule has 2 rings (SSSR count). The zero-order valence-corrected chi connectivity index (χ0v) is 51.6. The summed E-state index contributed by atoms with van der Waals surface area (Å²) in [6.07, 6.45) is 1.07. The summed E-state index contributed by atoms with van der Waals surface area (Å²) in [7, 11) is 0. The Bertz CT molecular complexity index is 2390. The Labute approximate surface area is 496 Å². The number of amides is 9. The smallest absolute Gasteiger partial charge is 0.245 e. The van der Waals surface area contributed by atoms with Gasteiger partial charge in [0.2, 0.25) is 53.2 Å². The minimum absolute atomic E-state index is 0.241. The average molecular weight is 1180 g/mol. The molecular weight excluding hydrogens is 1080 g/mol. The third-order valence-corrected chi connectivity index (χ3v) is 16.7. The van der Waals surface area contributed by atoms with Crippen LogP contribution >= 0.6 is 0 Å². The van der Waals surface area contributed by atoms with Crippen molar-refractivity contribution in [1.29, 1.82) is 0 Å². The lowest BCUT2D eigenvalue weighted by molar-refractivity contribution is -0.138. The van der Waals surface area contributed by atoms with Gasteiger partial charge in [0.15, 0.2) is 17.3 Å². The van der Waals surface area contributed by atoms with Crippen LogP contribution in [0.15, 0.2) is 30.3 Å². The van der Waals surface area contributed by atoms with Crippen LogP contribution in [0.4, 0.5) is 0 Å². The van der Waals surface area contributed by atoms with Gasteiger partial charge in [0, 0.05) is 37.5 Å². The number of nitrogens with two attached hydrogens (primary N) is 1. The number of carbonyl (C=O) groups is 12. The monoisotopic (exact) mass is 1180 g/mol. The van der Waals surface area contributed by atoms with Crippen LogP contribution in [0.5, 0.6) is 0 Å². The number of aliphatic hydroxyl groups excluding tert-OH is 2. The summed E-state index contributed by atoms with van der Waals surface area (Å²) in [6.45, 7) is 18.9. The number of nitrogens with one attached hydrogen (secondary N) is 8. The molecule has 1 aliphatic rings. The highest BCUT2D eigenvalue weighted by Gasteiger charge is 2.40. The summed E-state index contributed by atoms with van der Waals surface area (Å²) in [5, 5.41) is 42.5. The van der Waals surface area contributed by atoms with Gasteiger partial charge in [0.25, 0.3) is 0 Å². The zero-order valence-electron chi connectivity index (χ0n) is 51.6. The molecule has 0 saturated carbocycles. The quantitative estimate of drug-likeness (QED) is 0.0464. The molecule has 1 heterocycles. The third kappa shape index (κ3) is 22.8. The maximum absolute atomic E-state index is 14.5. The highest BCUT2D eigenvalue weighted by molar-refractivity contribution is 5.99. The minimum atomic E-state index is -1.57. The summed E-state index contributed by atoms with van der Waals surface area (Å²) in [5.41, 5.74) is 6.44. The second-order valence-corrected chi connectivity index (χ2v) is 23.1. The predicted molar refractivity (Wildman–Crippen MR) is 315 cm³/mol. The molecule has 1 aliphatic heterocycles. The first-order valence-corrected chi connectivity index (χ1v) is 30.2. The van der Waals surface area contributed by atoms with Gasteiger partial charge >= 0.3 is 0 Å². The van der Waals surface area contributed by atoms with Crippen molar-refractivity contribution in [3.8, 4) is 0 Å². The summed E-state index contributed by atoms with van der Waals surface area (Å²) >= 11 is 0. The van der Waals surface area contributed by atoms with Crippen LogP contribution in [-0.4, -0.2) is 142 Å². The number of Topliss-reactive ketones (excluding diaryl/α,β-unsaturated/α-hetero) is 3. The second kappa shape index (κ2) is 36.9. The van der Waals surface area contributed by atoms with Crippen LogP contribution in [0.3, 0.4) is 0 Å². The molecule has 12 N–H and O–H groups in total. The van der Waals surface area contributed by atoms with Gasteiger partial charge in [-0.05, 0) is 68.8 Å². The molecule has 0 bridgehead atoms. The Morgan fingerprint density at radius 3 is 1.61 bits per heavy atom. The standard InChI is InChI=1S/C61H99N9O14/c1-13-22-45-59(82)69-52(36(10)17-5)60(83)63-37(11)53(61(84)64-38(12)54(77)66-45)70-57(80)42(32-72)29-48(75)51(35(9)16-4)68-58(81)43(33(7)14-2)30-46(73)44(25-26-49(62)76)65-56(79)41(31-71)28-47(74)50(34(8)15-3)67-55(78)40(18-6)27-39-23-20-19-21-24-39/h19-21,23-24,33-38,40-45,50-53,71-72H,13-18,22,25-32H2,1-12H3,(H2,62,76)(H,63,83)(H,64,84)(H,65,79)(H,66,77)(H,67,78)(H,68,81)(H,69,82)(H,70,80)/t33-,34+,35+,36+,37+,38+,40-,41+,42+,43-,44-,45+,50+,51+,52+,53-/m1/s1. The molecule has 1 aromatic rings. The van der Waals surface area contributed by atoms with E-state index in [2.05, 4.69) is 42.5 Å². The van der Waals surface area contributed by atoms with Gasteiger partial charge in [-0.15, -0.1) is 0 Å². The van der Waals surface area contributed by atoms with E-state index in [9.17, 15) is 67.7 Å². The number of carbonyl (C=O) groups excluding carboxylic acids is 12. The fourth-order valence-corrected chi connectivity index (χ4v) is 9.97. The van der Waals surface area contributed by atoms with Gasteiger partial charge in [-0.1, -0.05) is 132 Å². The lowest BCUT2D eigenvalue weighted by Gasteiger charge is -2.31. The highest BCUT2D eigenvalue weighted by Crippen LogP contribution is 2.25. The molecule has 472 valence electrons. The van der Waals surface area contributed by atoms with E-state index in [-0.39, 0.29) is 31.1 Å². The van der Waals surface area contributed by atoms with Crippen molar-refractivity contribution in [2.45, 2.75) is 215 Å². The van der Waals surface area contributed by atoms with Gasteiger partial charge in [0.05, 0.1) is 49.2 Å². The van der Waals surface area contributed by atoms with E-state index in [1.165, 1.54) is 13.8 Å². The molecule has 1 saturated heterocycles. The Morgan fingerprint density at radius 1 is 0.571 bits per heavy atom. The highest BCUT2D eigenvalue weighted by atomic mass is 16.3. The molecule has 0 unspecified atom stereocenters. The van der Waals surface area contributed by atoms with Crippen LogP contribution in [0.1, 0.15) is 166 Å². The first kappa shape index (κ1) is 73.5. The molecule has 9 amide bonds. The van der Waals surface area contributed by atoms with Crippen molar-refractivity contribution >= 4 is 70.5 Å². The topological polar surface area (TPSA) is 368 Å². The summed E-state index contributed by atoms with van der Waals surface area (Å²) in [6, 6.07) is -0.309. The van der Waals surface area contributed by atoms with Gasteiger partial charge in [-0.2, -0.15) is 0 Å². The van der Waals surface area contributed by atoms with E-state index in [0.29, 0.717) is 44.9 Å². The maximum atomic E-state index is 14.5. The van der Waals surface area contributed by atoms with Crippen molar-refractivity contribution in [1.82, 2.24) is 42.5 Å². The van der Waals surface area contributed by atoms with E-state index >= 15 is 0 Å². The van der Waals surface area contributed by atoms with Crippen molar-refractivity contribution in [3.05, 3.63) is 35.9 Å². The Hall–Kier alpha value is -6.62. The number of aliphatic hydroxyl groups is 2. The number of ketones is 3. The van der Waals surface area contributed by atoms with Gasteiger partial charge in [-0.3, -0.25) is 57.5 Å². The third-order valence-electron chi connectivity index (χ3n) is 16.7. The number of hydrogen-bond acceptors (Lipinski definition) is 14. The number of benzene rings is 1. The second-order valence-electron chi connectivity index (χ2n) is 23.1. The molecule has 0 radical (unpaired) electrons. The zero-order chi connectivity index (χ0) is 63.5. The number of primary amides is 1. The Morgan fingerprint density at radius 2 is 1.11 bits per heavy atom. The Balaban J connectivity index is 2.40. The fraction of sp³-hybridized carbons (Fsp3) is 0.705.